The van der Waals surface area contributed by atoms with Gasteiger partial charge in [0.2, 0.25) is 0 Å². The molecule has 0 aliphatic rings. The zero-order chi connectivity index (χ0) is 12.8. The van der Waals surface area contributed by atoms with Crippen LogP contribution < -0.4 is 5.32 Å². The van der Waals surface area contributed by atoms with Gasteiger partial charge in [-0.3, -0.25) is 4.79 Å². The summed E-state index contributed by atoms with van der Waals surface area (Å²) in [4.78, 5) is 15.8. The SMILES string of the molecule is CCOC(=O)C(C)CNC(C)c1nc(C)cs1. The zero-order valence-corrected chi connectivity index (χ0v) is 11.6. The van der Waals surface area contributed by atoms with E-state index in [0.29, 0.717) is 13.2 Å². The highest BCUT2D eigenvalue weighted by Gasteiger charge is 2.16. The molecule has 96 valence electrons. The Bertz CT molecular complexity index is 365. The van der Waals surface area contributed by atoms with E-state index in [1.165, 1.54) is 0 Å². The molecule has 1 aromatic heterocycles. The first-order valence-electron chi connectivity index (χ1n) is 5.86. The lowest BCUT2D eigenvalue weighted by atomic mass is 10.2. The van der Waals surface area contributed by atoms with Crippen LogP contribution >= 0.6 is 11.3 Å². The summed E-state index contributed by atoms with van der Waals surface area (Å²) in [6.45, 7) is 8.76. The average molecular weight is 256 g/mol. The third-order valence-electron chi connectivity index (χ3n) is 2.43. The molecule has 5 heteroatoms. The fraction of sp³-hybridized carbons (Fsp3) is 0.667. The van der Waals surface area contributed by atoms with Crippen molar-refractivity contribution in [1.82, 2.24) is 10.3 Å². The number of ether oxygens (including phenoxy) is 1. The second-order valence-electron chi connectivity index (χ2n) is 4.11. The summed E-state index contributed by atoms with van der Waals surface area (Å²) in [5.74, 6) is -0.277. The molecule has 0 saturated heterocycles. The lowest BCUT2D eigenvalue weighted by Gasteiger charge is -2.15. The minimum Gasteiger partial charge on any atom is -0.466 e. The topological polar surface area (TPSA) is 51.2 Å². The summed E-state index contributed by atoms with van der Waals surface area (Å²) >= 11 is 1.64. The van der Waals surface area contributed by atoms with Crippen LogP contribution in [0.5, 0.6) is 0 Å². The van der Waals surface area contributed by atoms with Gasteiger partial charge in [0.05, 0.1) is 18.6 Å². The minimum absolute atomic E-state index is 0.126. The van der Waals surface area contributed by atoms with Crippen molar-refractivity contribution < 1.29 is 9.53 Å². The molecule has 1 rings (SSSR count). The minimum atomic E-state index is -0.150. The Labute approximate surface area is 106 Å². The van der Waals surface area contributed by atoms with E-state index in [4.69, 9.17) is 4.74 Å². The molecule has 0 radical (unpaired) electrons. The van der Waals surface area contributed by atoms with Gasteiger partial charge in [-0.15, -0.1) is 11.3 Å². The van der Waals surface area contributed by atoms with Gasteiger partial charge in [-0.25, -0.2) is 4.98 Å². The summed E-state index contributed by atoms with van der Waals surface area (Å²) in [5, 5.41) is 6.38. The summed E-state index contributed by atoms with van der Waals surface area (Å²) in [7, 11) is 0. The molecule has 0 aliphatic carbocycles. The summed E-state index contributed by atoms with van der Waals surface area (Å²) < 4.78 is 4.95. The number of hydrogen-bond donors (Lipinski definition) is 1. The highest BCUT2D eigenvalue weighted by Crippen LogP contribution is 2.17. The predicted molar refractivity (Wildman–Crippen MR) is 69.1 cm³/mol. The third kappa shape index (κ3) is 4.44. The van der Waals surface area contributed by atoms with Gasteiger partial charge < -0.3 is 10.1 Å². The molecular weight excluding hydrogens is 236 g/mol. The maximum atomic E-state index is 11.4. The van der Waals surface area contributed by atoms with Gasteiger partial charge in [0, 0.05) is 17.6 Å². The Morgan fingerprint density at radius 3 is 2.82 bits per heavy atom. The van der Waals surface area contributed by atoms with Crippen LogP contribution in [-0.4, -0.2) is 24.1 Å². The fourth-order valence-corrected chi connectivity index (χ4v) is 2.21. The Balaban J connectivity index is 2.37. The van der Waals surface area contributed by atoms with Gasteiger partial charge in [0.25, 0.3) is 0 Å². The fourth-order valence-electron chi connectivity index (χ4n) is 1.38. The monoisotopic (exact) mass is 256 g/mol. The van der Waals surface area contributed by atoms with Crippen LogP contribution in [0, 0.1) is 12.8 Å². The van der Waals surface area contributed by atoms with E-state index < -0.39 is 0 Å². The van der Waals surface area contributed by atoms with Crippen molar-refractivity contribution in [2.75, 3.05) is 13.2 Å². The Morgan fingerprint density at radius 2 is 2.29 bits per heavy atom. The van der Waals surface area contributed by atoms with Crippen LogP contribution in [0.1, 0.15) is 37.5 Å². The molecule has 1 aromatic rings. The maximum absolute atomic E-state index is 11.4. The number of rotatable bonds is 6. The lowest BCUT2D eigenvalue weighted by Crippen LogP contribution is -2.29. The third-order valence-corrected chi connectivity index (χ3v) is 3.57. The van der Waals surface area contributed by atoms with E-state index in [-0.39, 0.29) is 17.9 Å². The molecule has 0 spiro atoms. The number of nitrogens with zero attached hydrogens (tertiary/aromatic N) is 1. The van der Waals surface area contributed by atoms with Crippen molar-refractivity contribution in [2.45, 2.75) is 33.7 Å². The number of hydrogen-bond acceptors (Lipinski definition) is 5. The second kappa shape index (κ2) is 6.71. The van der Waals surface area contributed by atoms with Crippen molar-refractivity contribution in [3.05, 3.63) is 16.1 Å². The van der Waals surface area contributed by atoms with Crippen molar-refractivity contribution >= 4 is 17.3 Å². The quantitative estimate of drug-likeness (QED) is 0.793. The van der Waals surface area contributed by atoms with E-state index in [1.807, 2.05) is 26.2 Å². The summed E-state index contributed by atoms with van der Waals surface area (Å²) in [6.07, 6.45) is 0. The molecule has 0 saturated carbocycles. The number of carbonyl (C=O) groups is 1. The molecule has 1 heterocycles. The molecule has 17 heavy (non-hydrogen) atoms. The van der Waals surface area contributed by atoms with E-state index in [1.54, 1.807) is 11.3 Å². The first kappa shape index (κ1) is 14.1. The zero-order valence-electron chi connectivity index (χ0n) is 10.8. The predicted octanol–water partition coefficient (Wildman–Crippen LogP) is 2.30. The molecule has 0 aliphatic heterocycles. The number of esters is 1. The molecule has 0 bridgehead atoms. The Kier molecular flexibility index (Phi) is 5.58. The number of nitrogens with one attached hydrogen (secondary N) is 1. The van der Waals surface area contributed by atoms with E-state index >= 15 is 0 Å². The molecule has 0 aromatic carbocycles. The largest absolute Gasteiger partial charge is 0.466 e. The molecule has 0 amide bonds. The number of thiazole rings is 1. The summed E-state index contributed by atoms with van der Waals surface area (Å²) in [5.41, 5.74) is 1.04. The van der Waals surface area contributed by atoms with E-state index in [9.17, 15) is 4.79 Å². The van der Waals surface area contributed by atoms with Crippen LogP contribution in [0.15, 0.2) is 5.38 Å². The van der Waals surface area contributed by atoms with Gasteiger partial charge in [0.1, 0.15) is 5.01 Å². The van der Waals surface area contributed by atoms with Crippen LogP contribution in [0.4, 0.5) is 0 Å². The smallest absolute Gasteiger partial charge is 0.309 e. The molecule has 2 unspecified atom stereocenters. The highest BCUT2D eigenvalue weighted by molar-refractivity contribution is 7.09. The van der Waals surface area contributed by atoms with Crippen LogP contribution in [-0.2, 0) is 9.53 Å². The van der Waals surface area contributed by atoms with E-state index in [0.717, 1.165) is 10.7 Å². The number of aryl methyl sites for hydroxylation is 1. The van der Waals surface area contributed by atoms with Crippen LogP contribution in [0.2, 0.25) is 0 Å². The number of carbonyl (C=O) groups excluding carboxylic acids is 1. The standard InChI is InChI=1S/C12H20N2O2S/c1-5-16-12(15)8(2)6-13-10(4)11-14-9(3)7-17-11/h7-8,10,13H,5-6H2,1-4H3. The van der Waals surface area contributed by atoms with Gasteiger partial charge >= 0.3 is 5.97 Å². The van der Waals surface area contributed by atoms with Gasteiger partial charge in [-0.1, -0.05) is 6.92 Å². The summed E-state index contributed by atoms with van der Waals surface area (Å²) in [6, 6.07) is 0.172. The van der Waals surface area contributed by atoms with Crippen molar-refractivity contribution in [2.24, 2.45) is 5.92 Å². The van der Waals surface area contributed by atoms with E-state index in [2.05, 4.69) is 17.2 Å². The molecule has 0 fully saturated rings. The van der Waals surface area contributed by atoms with Crippen LogP contribution in [0.3, 0.4) is 0 Å². The normalized spacial score (nSPS) is 14.4. The second-order valence-corrected chi connectivity index (χ2v) is 5.00. The van der Waals surface area contributed by atoms with Crippen molar-refractivity contribution in [3.8, 4) is 0 Å². The molecule has 1 N–H and O–H groups in total. The molecular formula is C12H20N2O2S. The highest BCUT2D eigenvalue weighted by atomic mass is 32.1. The van der Waals surface area contributed by atoms with Gasteiger partial charge in [-0.05, 0) is 20.8 Å². The molecule has 4 nitrogen and oxygen atoms in total. The van der Waals surface area contributed by atoms with Crippen molar-refractivity contribution in [3.63, 3.8) is 0 Å². The molecule has 2 atom stereocenters. The lowest BCUT2D eigenvalue weighted by molar-refractivity contribution is -0.147. The van der Waals surface area contributed by atoms with Crippen LogP contribution in [0.25, 0.3) is 0 Å². The first-order chi connectivity index (χ1) is 8.04. The Morgan fingerprint density at radius 1 is 1.59 bits per heavy atom. The average Bonchev–Trinajstić information content (AvgIpc) is 2.72. The van der Waals surface area contributed by atoms with Crippen molar-refractivity contribution in [1.29, 1.82) is 0 Å². The Hall–Kier alpha value is -0.940. The maximum Gasteiger partial charge on any atom is 0.309 e. The van der Waals surface area contributed by atoms with Gasteiger partial charge in [-0.2, -0.15) is 0 Å². The van der Waals surface area contributed by atoms with Gasteiger partial charge in [0.15, 0.2) is 0 Å². The first-order valence-corrected chi connectivity index (χ1v) is 6.74. The number of aromatic nitrogens is 1.